The van der Waals surface area contributed by atoms with Gasteiger partial charge in [-0.05, 0) is 32.6 Å². The summed E-state index contributed by atoms with van der Waals surface area (Å²) in [6, 6.07) is 0.443. The quantitative estimate of drug-likeness (QED) is 0.844. The number of likely N-dealkylation sites (tertiary alicyclic amines) is 1. The number of rotatable bonds is 3. The zero-order valence-electron chi connectivity index (χ0n) is 15.9. The molecule has 3 fully saturated rings. The van der Waals surface area contributed by atoms with Crippen molar-refractivity contribution in [1.82, 2.24) is 19.9 Å². The molecule has 0 atom stereocenters. The normalized spacial score (nSPS) is 22.7. The Labute approximate surface area is 158 Å². The van der Waals surface area contributed by atoms with Crippen LogP contribution >= 0.6 is 0 Å². The highest BCUT2D eigenvalue weighted by atomic mass is 16.5. The largest absolute Gasteiger partial charge is 0.383 e. The predicted molar refractivity (Wildman–Crippen MR) is 98.5 cm³/mol. The van der Waals surface area contributed by atoms with E-state index in [0.717, 1.165) is 51.9 Å². The fourth-order valence-corrected chi connectivity index (χ4v) is 4.45. The standard InChI is InChI=1S/C19H28N4O4/c1-13-16(17(24)20-27-13)19(26)22-7-5-15(6-8-22)21-9-11-23(12-10-21)18(25)14-3-2-4-14/h14-15H,2-12H2,1H3,(H,20,24). The Morgan fingerprint density at radius 3 is 2.15 bits per heavy atom. The summed E-state index contributed by atoms with van der Waals surface area (Å²) in [5.41, 5.74) is -0.330. The first-order valence-electron chi connectivity index (χ1n) is 10.0. The molecule has 0 bridgehead atoms. The number of H-pyrrole nitrogens is 1. The van der Waals surface area contributed by atoms with E-state index in [-0.39, 0.29) is 17.4 Å². The molecule has 0 radical (unpaired) electrons. The number of hydrogen-bond donors (Lipinski definition) is 1. The van der Waals surface area contributed by atoms with Gasteiger partial charge >= 0.3 is 0 Å². The van der Waals surface area contributed by atoms with Gasteiger partial charge < -0.3 is 14.3 Å². The Morgan fingerprint density at radius 1 is 0.963 bits per heavy atom. The number of nitrogens with zero attached hydrogens (tertiary/aromatic N) is 3. The number of carbonyl (C=O) groups excluding carboxylic acids is 2. The molecule has 8 heteroatoms. The smallest absolute Gasteiger partial charge is 0.293 e. The summed E-state index contributed by atoms with van der Waals surface area (Å²) in [5, 5.41) is 2.23. The van der Waals surface area contributed by atoms with E-state index in [1.165, 1.54) is 6.42 Å². The van der Waals surface area contributed by atoms with Gasteiger partial charge in [-0.1, -0.05) is 6.42 Å². The van der Waals surface area contributed by atoms with Crippen LogP contribution in [0, 0.1) is 12.8 Å². The predicted octanol–water partition coefficient (Wildman–Crippen LogP) is 0.825. The first-order valence-corrected chi connectivity index (χ1v) is 10.0. The van der Waals surface area contributed by atoms with Gasteiger partial charge in [-0.2, -0.15) is 5.16 Å². The highest BCUT2D eigenvalue weighted by molar-refractivity contribution is 5.94. The lowest BCUT2D eigenvalue weighted by Crippen LogP contribution is -2.56. The number of hydrogen-bond acceptors (Lipinski definition) is 5. The van der Waals surface area contributed by atoms with Crippen molar-refractivity contribution in [1.29, 1.82) is 0 Å². The third-order valence-corrected chi connectivity index (χ3v) is 6.44. The molecule has 27 heavy (non-hydrogen) atoms. The molecule has 1 saturated carbocycles. The number of carbonyl (C=O) groups is 2. The van der Waals surface area contributed by atoms with Gasteiger partial charge in [0.25, 0.3) is 11.5 Å². The first kappa shape index (κ1) is 18.3. The second-order valence-electron chi connectivity index (χ2n) is 7.98. The average Bonchev–Trinajstić information content (AvgIpc) is 2.98. The highest BCUT2D eigenvalue weighted by Gasteiger charge is 2.34. The van der Waals surface area contributed by atoms with Crippen molar-refractivity contribution in [2.45, 2.75) is 45.1 Å². The van der Waals surface area contributed by atoms with Crippen molar-refractivity contribution in [2.24, 2.45) is 5.92 Å². The van der Waals surface area contributed by atoms with E-state index < -0.39 is 5.56 Å². The second kappa shape index (κ2) is 7.50. The number of amides is 2. The topological polar surface area (TPSA) is 89.9 Å². The number of piperidine rings is 1. The Balaban J connectivity index is 1.27. The second-order valence-corrected chi connectivity index (χ2v) is 7.98. The summed E-state index contributed by atoms with van der Waals surface area (Å²) < 4.78 is 4.96. The van der Waals surface area contributed by atoms with E-state index in [1.54, 1.807) is 11.8 Å². The van der Waals surface area contributed by atoms with Crippen molar-refractivity contribution in [3.05, 3.63) is 21.7 Å². The number of aromatic nitrogens is 1. The Morgan fingerprint density at radius 2 is 1.63 bits per heavy atom. The zero-order chi connectivity index (χ0) is 19.0. The Kier molecular flexibility index (Phi) is 5.08. The maximum absolute atomic E-state index is 12.6. The minimum absolute atomic E-state index is 0.122. The molecule has 148 valence electrons. The van der Waals surface area contributed by atoms with Crippen LogP contribution in [0.5, 0.6) is 0 Å². The number of aryl methyl sites for hydroxylation is 1. The van der Waals surface area contributed by atoms with E-state index in [4.69, 9.17) is 4.52 Å². The van der Waals surface area contributed by atoms with Gasteiger partial charge in [0.1, 0.15) is 11.3 Å². The molecule has 1 N–H and O–H groups in total. The number of aromatic amines is 1. The molecule has 2 amide bonds. The minimum atomic E-state index is -0.452. The molecule has 3 heterocycles. The van der Waals surface area contributed by atoms with Crippen LogP contribution in [0.3, 0.4) is 0 Å². The molecular formula is C19H28N4O4. The van der Waals surface area contributed by atoms with Gasteiger partial charge in [0.05, 0.1) is 0 Å². The molecule has 1 aliphatic carbocycles. The number of nitrogens with one attached hydrogen (secondary N) is 1. The van der Waals surface area contributed by atoms with E-state index in [9.17, 15) is 14.4 Å². The monoisotopic (exact) mass is 376 g/mol. The average molecular weight is 376 g/mol. The Hall–Kier alpha value is -2.09. The fourth-order valence-electron chi connectivity index (χ4n) is 4.45. The van der Waals surface area contributed by atoms with E-state index in [0.29, 0.717) is 30.8 Å². The van der Waals surface area contributed by atoms with Crippen molar-refractivity contribution >= 4 is 11.8 Å². The van der Waals surface area contributed by atoms with Crippen LogP contribution in [0.15, 0.2) is 9.32 Å². The van der Waals surface area contributed by atoms with Crippen LogP contribution in [-0.4, -0.2) is 77.0 Å². The summed E-state index contributed by atoms with van der Waals surface area (Å²) in [4.78, 5) is 43.0. The van der Waals surface area contributed by atoms with Crippen LogP contribution in [0.25, 0.3) is 0 Å². The lowest BCUT2D eigenvalue weighted by Gasteiger charge is -2.43. The highest BCUT2D eigenvalue weighted by Crippen LogP contribution is 2.29. The molecular weight excluding hydrogens is 348 g/mol. The molecule has 0 unspecified atom stereocenters. The van der Waals surface area contributed by atoms with Gasteiger partial charge in [-0.25, -0.2) is 0 Å². The maximum atomic E-state index is 12.6. The third-order valence-electron chi connectivity index (χ3n) is 6.44. The molecule has 1 aromatic rings. The summed E-state index contributed by atoms with van der Waals surface area (Å²) in [5.74, 6) is 0.735. The molecule has 1 aromatic heterocycles. The summed E-state index contributed by atoms with van der Waals surface area (Å²) in [6.45, 7) is 6.39. The Bertz CT molecular complexity index is 750. The van der Waals surface area contributed by atoms with E-state index in [1.807, 2.05) is 4.90 Å². The fraction of sp³-hybridized carbons (Fsp3) is 0.737. The minimum Gasteiger partial charge on any atom is -0.383 e. The van der Waals surface area contributed by atoms with Crippen molar-refractivity contribution < 1.29 is 14.1 Å². The molecule has 2 aliphatic heterocycles. The number of piperazine rings is 1. The van der Waals surface area contributed by atoms with Crippen LogP contribution < -0.4 is 5.56 Å². The molecule has 4 rings (SSSR count). The molecule has 0 spiro atoms. The van der Waals surface area contributed by atoms with Crippen molar-refractivity contribution in [2.75, 3.05) is 39.3 Å². The maximum Gasteiger partial charge on any atom is 0.293 e. The summed E-state index contributed by atoms with van der Waals surface area (Å²) >= 11 is 0. The molecule has 0 aromatic carbocycles. The van der Waals surface area contributed by atoms with Crippen LogP contribution in [0.2, 0.25) is 0 Å². The van der Waals surface area contributed by atoms with Crippen LogP contribution in [0.1, 0.15) is 48.2 Å². The lowest BCUT2D eigenvalue weighted by molar-refractivity contribution is -0.140. The summed E-state index contributed by atoms with van der Waals surface area (Å²) in [7, 11) is 0. The van der Waals surface area contributed by atoms with Crippen LogP contribution in [0.4, 0.5) is 0 Å². The van der Waals surface area contributed by atoms with Gasteiger partial charge in [0.2, 0.25) is 5.91 Å². The molecule has 2 saturated heterocycles. The van der Waals surface area contributed by atoms with Gasteiger partial charge in [0.15, 0.2) is 0 Å². The van der Waals surface area contributed by atoms with Gasteiger partial charge in [-0.3, -0.25) is 19.3 Å². The van der Waals surface area contributed by atoms with Gasteiger partial charge in [-0.15, -0.1) is 0 Å². The van der Waals surface area contributed by atoms with Crippen molar-refractivity contribution in [3.63, 3.8) is 0 Å². The van der Waals surface area contributed by atoms with E-state index in [2.05, 4.69) is 10.1 Å². The third kappa shape index (κ3) is 3.54. The molecule has 3 aliphatic rings. The van der Waals surface area contributed by atoms with Crippen LogP contribution in [-0.2, 0) is 4.79 Å². The molecule has 8 nitrogen and oxygen atoms in total. The first-order chi connectivity index (χ1) is 13.0. The van der Waals surface area contributed by atoms with Crippen molar-refractivity contribution in [3.8, 4) is 0 Å². The lowest BCUT2D eigenvalue weighted by atomic mass is 9.84. The SMILES string of the molecule is Cc1o[nH]c(=O)c1C(=O)N1CCC(N2CCN(C(=O)C3CCC3)CC2)CC1. The van der Waals surface area contributed by atoms with Gasteiger partial charge in [0, 0.05) is 51.2 Å². The zero-order valence-corrected chi connectivity index (χ0v) is 15.9. The summed E-state index contributed by atoms with van der Waals surface area (Å²) in [6.07, 6.45) is 5.11. The van der Waals surface area contributed by atoms with E-state index >= 15 is 0 Å².